The van der Waals surface area contributed by atoms with Gasteiger partial charge in [-0.05, 0) is 17.7 Å². The summed E-state index contributed by atoms with van der Waals surface area (Å²) in [5.74, 6) is 0.788. The molecule has 0 radical (unpaired) electrons. The van der Waals surface area contributed by atoms with Gasteiger partial charge in [-0.15, -0.1) is 17.0 Å². The number of hydrogen-bond acceptors (Lipinski definition) is 5. The molecule has 1 aromatic rings. The minimum Gasteiger partial charge on any atom is -0.506 e. The van der Waals surface area contributed by atoms with Crippen LogP contribution in [0.1, 0.15) is 5.56 Å². The number of rotatable bonds is 4. The van der Waals surface area contributed by atoms with Gasteiger partial charge in [0.05, 0.1) is 18.5 Å². The minimum absolute atomic E-state index is 0. The number of amidine groups is 1. The van der Waals surface area contributed by atoms with Gasteiger partial charge in [-0.1, -0.05) is 6.07 Å². The Labute approximate surface area is 122 Å². The highest BCUT2D eigenvalue weighted by atomic mass is 79.9. The lowest BCUT2D eigenvalue weighted by Crippen LogP contribution is -2.20. The Kier molecular flexibility index (Phi) is 5.19. The third kappa shape index (κ3) is 4.71. The molecular formula is C11H16BrN3O3S. The van der Waals surface area contributed by atoms with Crippen LogP contribution in [0.3, 0.4) is 0 Å². The van der Waals surface area contributed by atoms with Crippen LogP contribution in [-0.4, -0.2) is 38.7 Å². The molecule has 1 aliphatic heterocycles. The molecule has 8 heteroatoms. The number of hydrogen-bond donors (Lipinski definition) is 3. The molecule has 0 saturated carbocycles. The molecule has 0 amide bonds. The van der Waals surface area contributed by atoms with Gasteiger partial charge in [0.15, 0.2) is 0 Å². The van der Waals surface area contributed by atoms with Gasteiger partial charge in [0, 0.05) is 13.0 Å². The summed E-state index contributed by atoms with van der Waals surface area (Å²) in [6, 6.07) is 4.82. The highest BCUT2D eigenvalue weighted by Gasteiger charge is 2.10. The topological polar surface area (TPSA) is 90.8 Å². The summed E-state index contributed by atoms with van der Waals surface area (Å²) in [6.45, 7) is 1.60. The molecule has 0 aliphatic carbocycles. The van der Waals surface area contributed by atoms with Crippen molar-refractivity contribution in [1.82, 2.24) is 5.32 Å². The number of halogens is 1. The van der Waals surface area contributed by atoms with Gasteiger partial charge in [0.2, 0.25) is 10.0 Å². The summed E-state index contributed by atoms with van der Waals surface area (Å²) >= 11 is 0. The third-order valence-corrected chi connectivity index (χ3v) is 3.06. The monoisotopic (exact) mass is 349 g/mol. The van der Waals surface area contributed by atoms with Gasteiger partial charge in [-0.25, -0.2) is 8.42 Å². The molecule has 0 unspecified atom stereocenters. The molecule has 0 aromatic heterocycles. The van der Waals surface area contributed by atoms with Crippen molar-refractivity contribution in [3.8, 4) is 5.75 Å². The van der Waals surface area contributed by atoms with E-state index in [9.17, 15) is 13.5 Å². The van der Waals surface area contributed by atoms with E-state index in [1.54, 1.807) is 12.1 Å². The van der Waals surface area contributed by atoms with E-state index < -0.39 is 10.0 Å². The van der Waals surface area contributed by atoms with E-state index in [2.05, 4.69) is 15.0 Å². The fourth-order valence-electron chi connectivity index (χ4n) is 1.73. The molecule has 3 N–H and O–H groups in total. The first-order valence-electron chi connectivity index (χ1n) is 5.51. The molecule has 1 aliphatic rings. The van der Waals surface area contributed by atoms with Crippen LogP contribution < -0.4 is 10.0 Å². The van der Waals surface area contributed by atoms with Gasteiger partial charge >= 0.3 is 0 Å². The van der Waals surface area contributed by atoms with E-state index in [-0.39, 0.29) is 28.4 Å². The first-order valence-corrected chi connectivity index (χ1v) is 7.40. The second-order valence-corrected chi connectivity index (χ2v) is 5.91. The first kappa shape index (κ1) is 15.8. The Morgan fingerprint density at radius 1 is 1.47 bits per heavy atom. The number of nitrogens with one attached hydrogen (secondary N) is 2. The molecule has 0 bridgehead atoms. The summed E-state index contributed by atoms with van der Waals surface area (Å²) in [4.78, 5) is 4.26. The number of aliphatic imine (C=N–C) groups is 1. The lowest BCUT2D eigenvalue weighted by atomic mass is 10.1. The van der Waals surface area contributed by atoms with Crippen LogP contribution in [0, 0.1) is 0 Å². The fraction of sp³-hybridized carbons (Fsp3) is 0.364. The van der Waals surface area contributed by atoms with E-state index in [0.29, 0.717) is 6.42 Å². The summed E-state index contributed by atoms with van der Waals surface area (Å²) in [5.41, 5.74) is 1.07. The van der Waals surface area contributed by atoms with Crippen LogP contribution in [-0.2, 0) is 16.4 Å². The molecule has 0 atom stereocenters. The normalized spacial score (nSPS) is 14.3. The Morgan fingerprint density at radius 2 is 2.21 bits per heavy atom. The van der Waals surface area contributed by atoms with Crippen LogP contribution in [0.25, 0.3) is 0 Å². The highest BCUT2D eigenvalue weighted by molar-refractivity contribution is 8.93. The standard InChI is InChI=1S/C11H15N3O3S.BrH/c1-18(16,17)14-9-6-8(2-3-10(9)15)7-11-12-4-5-13-11;/h2-3,6,14-15H,4-5,7H2,1H3,(H,12,13);1H. The van der Waals surface area contributed by atoms with Crippen molar-refractivity contribution < 1.29 is 13.5 Å². The number of phenols is 1. The number of nitrogens with zero attached hydrogens (tertiary/aromatic N) is 1. The number of aromatic hydroxyl groups is 1. The Bertz CT molecular complexity index is 587. The Balaban J connectivity index is 0.00000180. The van der Waals surface area contributed by atoms with Crippen LogP contribution >= 0.6 is 17.0 Å². The van der Waals surface area contributed by atoms with Crippen LogP contribution in [0.5, 0.6) is 5.75 Å². The number of phenolic OH excluding ortho intramolecular Hbond substituents is 1. The van der Waals surface area contributed by atoms with Gasteiger partial charge in [0.1, 0.15) is 11.6 Å². The molecule has 0 saturated heterocycles. The highest BCUT2D eigenvalue weighted by Crippen LogP contribution is 2.25. The van der Waals surface area contributed by atoms with E-state index in [1.165, 1.54) is 6.07 Å². The maximum Gasteiger partial charge on any atom is 0.229 e. The Morgan fingerprint density at radius 3 is 2.79 bits per heavy atom. The van der Waals surface area contributed by atoms with E-state index in [4.69, 9.17) is 0 Å². The van der Waals surface area contributed by atoms with Gasteiger partial charge in [-0.2, -0.15) is 0 Å². The van der Waals surface area contributed by atoms with Gasteiger partial charge in [-0.3, -0.25) is 9.71 Å². The lowest BCUT2D eigenvalue weighted by Gasteiger charge is -2.09. The SMILES string of the molecule is Br.CS(=O)(=O)Nc1cc(CC2=NCCN2)ccc1O. The summed E-state index contributed by atoms with van der Waals surface area (Å²) in [7, 11) is -3.40. The number of anilines is 1. The molecule has 0 fully saturated rings. The molecule has 0 spiro atoms. The van der Waals surface area contributed by atoms with E-state index in [0.717, 1.165) is 30.7 Å². The Hall–Kier alpha value is -1.28. The molecule has 6 nitrogen and oxygen atoms in total. The molecule has 19 heavy (non-hydrogen) atoms. The lowest BCUT2D eigenvalue weighted by molar-refractivity contribution is 0.477. The van der Waals surface area contributed by atoms with Crippen molar-refractivity contribution >= 4 is 38.5 Å². The summed E-state index contributed by atoms with van der Waals surface area (Å²) < 4.78 is 24.6. The zero-order chi connectivity index (χ0) is 13.2. The second kappa shape index (κ2) is 6.25. The predicted octanol–water partition coefficient (Wildman–Crippen LogP) is 0.886. The van der Waals surface area contributed by atoms with Gasteiger partial charge in [0.25, 0.3) is 0 Å². The predicted molar refractivity (Wildman–Crippen MR) is 80.9 cm³/mol. The van der Waals surface area contributed by atoms with Crippen LogP contribution in [0.2, 0.25) is 0 Å². The maximum atomic E-state index is 11.2. The van der Waals surface area contributed by atoms with Gasteiger partial charge < -0.3 is 10.4 Å². The smallest absolute Gasteiger partial charge is 0.229 e. The third-order valence-electron chi connectivity index (χ3n) is 2.47. The van der Waals surface area contributed by atoms with Crippen molar-refractivity contribution in [2.45, 2.75) is 6.42 Å². The van der Waals surface area contributed by atoms with E-state index in [1.807, 2.05) is 0 Å². The summed E-state index contributed by atoms with van der Waals surface area (Å²) in [6.07, 6.45) is 1.64. The molecule has 1 aromatic carbocycles. The number of benzene rings is 1. The average Bonchev–Trinajstić information content (AvgIpc) is 2.74. The molecular weight excluding hydrogens is 334 g/mol. The molecule has 1 heterocycles. The van der Waals surface area contributed by atoms with Crippen molar-refractivity contribution in [3.05, 3.63) is 23.8 Å². The average molecular weight is 350 g/mol. The zero-order valence-corrected chi connectivity index (χ0v) is 12.9. The van der Waals surface area contributed by atoms with Crippen LogP contribution in [0.15, 0.2) is 23.2 Å². The first-order chi connectivity index (χ1) is 8.44. The van der Waals surface area contributed by atoms with Crippen molar-refractivity contribution in [2.24, 2.45) is 4.99 Å². The van der Waals surface area contributed by atoms with Crippen molar-refractivity contribution in [3.63, 3.8) is 0 Å². The van der Waals surface area contributed by atoms with Crippen molar-refractivity contribution in [2.75, 3.05) is 24.1 Å². The second-order valence-electron chi connectivity index (χ2n) is 4.16. The quantitative estimate of drug-likeness (QED) is 0.704. The minimum atomic E-state index is -3.40. The fourth-order valence-corrected chi connectivity index (χ4v) is 2.30. The maximum absolute atomic E-state index is 11.2. The largest absolute Gasteiger partial charge is 0.506 e. The zero-order valence-electron chi connectivity index (χ0n) is 10.4. The molecule has 2 rings (SSSR count). The van der Waals surface area contributed by atoms with Crippen molar-refractivity contribution in [1.29, 1.82) is 0 Å². The molecule has 106 valence electrons. The summed E-state index contributed by atoms with van der Waals surface area (Å²) in [5, 5.41) is 12.7. The van der Waals surface area contributed by atoms with Crippen LogP contribution in [0.4, 0.5) is 5.69 Å². The van der Waals surface area contributed by atoms with E-state index >= 15 is 0 Å². The number of sulfonamides is 1.